The first-order chi connectivity index (χ1) is 13.1. The second-order valence-corrected chi connectivity index (χ2v) is 6.71. The first-order valence-corrected chi connectivity index (χ1v) is 8.89. The van der Waals surface area contributed by atoms with E-state index in [2.05, 4.69) is 35.6 Å². The highest BCUT2D eigenvalue weighted by Gasteiger charge is 2.25. The van der Waals surface area contributed by atoms with Gasteiger partial charge in [-0.05, 0) is 31.4 Å². The van der Waals surface area contributed by atoms with Gasteiger partial charge >= 0.3 is 0 Å². The van der Waals surface area contributed by atoms with Gasteiger partial charge in [-0.3, -0.25) is 9.59 Å². The Morgan fingerprint density at radius 3 is 2.81 bits per heavy atom. The third-order valence-corrected chi connectivity index (χ3v) is 4.83. The quantitative estimate of drug-likeness (QED) is 0.691. The Kier molecular flexibility index (Phi) is 4.53. The van der Waals surface area contributed by atoms with E-state index in [0.717, 1.165) is 30.8 Å². The molecule has 0 aromatic carbocycles. The molecule has 0 saturated carbocycles. The molecule has 0 spiro atoms. The van der Waals surface area contributed by atoms with Gasteiger partial charge in [-0.2, -0.15) is 0 Å². The highest BCUT2D eigenvalue weighted by atomic mass is 16.2. The molecular formula is C19H20N6O2. The summed E-state index contributed by atoms with van der Waals surface area (Å²) in [6.45, 7) is 3.73. The lowest BCUT2D eigenvalue weighted by molar-refractivity contribution is 0.0935. The van der Waals surface area contributed by atoms with Crippen molar-refractivity contribution in [2.75, 3.05) is 24.5 Å². The van der Waals surface area contributed by atoms with Gasteiger partial charge in [0.25, 0.3) is 5.91 Å². The van der Waals surface area contributed by atoms with E-state index in [-0.39, 0.29) is 17.5 Å². The lowest BCUT2D eigenvalue weighted by Crippen LogP contribution is -2.32. The first kappa shape index (κ1) is 17.1. The van der Waals surface area contributed by atoms with E-state index in [4.69, 9.17) is 0 Å². The van der Waals surface area contributed by atoms with Gasteiger partial charge in [0.05, 0.1) is 11.1 Å². The number of hydrogen-bond acceptors (Lipinski definition) is 6. The molecule has 1 amide bonds. The average molecular weight is 364 g/mol. The molecule has 1 fully saturated rings. The minimum absolute atomic E-state index is 0.0782. The van der Waals surface area contributed by atoms with Crippen molar-refractivity contribution < 1.29 is 9.59 Å². The molecule has 8 heteroatoms. The van der Waals surface area contributed by atoms with E-state index in [1.807, 2.05) is 18.5 Å². The number of fused-ring (bicyclic) bond motifs is 1. The largest absolute Gasteiger partial charge is 0.355 e. The Morgan fingerprint density at radius 1 is 1.22 bits per heavy atom. The summed E-state index contributed by atoms with van der Waals surface area (Å²) in [5.74, 6) is 0.936. The molecule has 3 aromatic heterocycles. The molecule has 1 N–H and O–H groups in total. The highest BCUT2D eigenvalue weighted by molar-refractivity contribution is 5.94. The van der Waals surface area contributed by atoms with E-state index in [0.29, 0.717) is 18.0 Å². The summed E-state index contributed by atoms with van der Waals surface area (Å²) < 4.78 is 2.06. The van der Waals surface area contributed by atoms with Crippen LogP contribution in [0, 0.1) is 5.92 Å². The van der Waals surface area contributed by atoms with E-state index in [1.54, 1.807) is 6.20 Å². The van der Waals surface area contributed by atoms with Crippen molar-refractivity contribution in [2.45, 2.75) is 13.3 Å². The van der Waals surface area contributed by atoms with Gasteiger partial charge in [0.1, 0.15) is 0 Å². The third kappa shape index (κ3) is 3.51. The lowest BCUT2D eigenvalue weighted by Gasteiger charge is -2.18. The van der Waals surface area contributed by atoms with Crippen LogP contribution in [0.2, 0.25) is 0 Å². The van der Waals surface area contributed by atoms with Gasteiger partial charge in [-0.1, -0.05) is 0 Å². The molecule has 8 nitrogen and oxygen atoms in total. The predicted octanol–water partition coefficient (Wildman–Crippen LogP) is 1.58. The van der Waals surface area contributed by atoms with Crippen molar-refractivity contribution in [1.82, 2.24) is 24.7 Å². The van der Waals surface area contributed by atoms with Gasteiger partial charge in [0.2, 0.25) is 5.82 Å². The van der Waals surface area contributed by atoms with Crippen LogP contribution in [0.5, 0.6) is 0 Å². The number of carbonyl (C=O) groups is 2. The Morgan fingerprint density at radius 2 is 2.04 bits per heavy atom. The van der Waals surface area contributed by atoms with Crippen LogP contribution in [0.3, 0.4) is 0 Å². The molecule has 0 unspecified atom stereocenters. The molecule has 0 aliphatic carbocycles. The number of Topliss-reactive ketones (excluding diaryl/α,β-unsaturated/α-hetero) is 1. The number of hydrogen-bond donors (Lipinski definition) is 1. The maximum absolute atomic E-state index is 12.2. The molecule has 1 atom stereocenters. The fraction of sp³-hybridized carbons (Fsp3) is 0.316. The molecular weight excluding hydrogens is 344 g/mol. The summed E-state index contributed by atoms with van der Waals surface area (Å²) in [5, 5.41) is 2.89. The van der Waals surface area contributed by atoms with Crippen LogP contribution in [0.25, 0.3) is 5.52 Å². The number of nitrogens with zero attached hydrogens (tertiary/aromatic N) is 5. The summed E-state index contributed by atoms with van der Waals surface area (Å²) in [6.07, 6.45) is 9.49. The minimum Gasteiger partial charge on any atom is -0.355 e. The summed E-state index contributed by atoms with van der Waals surface area (Å²) in [5.41, 5.74) is 1.48. The minimum atomic E-state index is -0.324. The van der Waals surface area contributed by atoms with Crippen LogP contribution in [0.1, 0.15) is 34.3 Å². The van der Waals surface area contributed by atoms with E-state index in [9.17, 15) is 9.59 Å². The topological polar surface area (TPSA) is 92.5 Å². The highest BCUT2D eigenvalue weighted by Crippen LogP contribution is 2.25. The van der Waals surface area contributed by atoms with Crippen molar-refractivity contribution in [1.29, 1.82) is 0 Å². The molecule has 4 rings (SSSR count). The van der Waals surface area contributed by atoms with Crippen molar-refractivity contribution in [3.8, 4) is 0 Å². The number of aromatic nitrogens is 4. The monoisotopic (exact) mass is 364 g/mol. The number of anilines is 1. The number of carbonyl (C=O) groups excluding carboxylic acids is 2. The van der Waals surface area contributed by atoms with Crippen molar-refractivity contribution in [3.63, 3.8) is 0 Å². The van der Waals surface area contributed by atoms with Crippen molar-refractivity contribution >= 4 is 23.0 Å². The summed E-state index contributed by atoms with van der Waals surface area (Å²) in [7, 11) is 0. The average Bonchev–Trinajstić information content (AvgIpc) is 3.35. The molecule has 3 aromatic rings. The zero-order valence-electron chi connectivity index (χ0n) is 15.0. The number of ketones is 1. The zero-order chi connectivity index (χ0) is 18.8. The van der Waals surface area contributed by atoms with Gasteiger partial charge in [-0.25, -0.2) is 15.0 Å². The van der Waals surface area contributed by atoms with Crippen LogP contribution in [0.4, 0.5) is 5.82 Å². The first-order valence-electron chi connectivity index (χ1n) is 8.89. The van der Waals surface area contributed by atoms with E-state index in [1.165, 1.54) is 19.3 Å². The van der Waals surface area contributed by atoms with Crippen LogP contribution in [-0.4, -0.2) is 50.7 Å². The maximum atomic E-state index is 12.2. The fourth-order valence-electron chi connectivity index (χ4n) is 3.33. The molecule has 4 heterocycles. The van der Waals surface area contributed by atoms with Crippen LogP contribution in [-0.2, 0) is 0 Å². The Balaban J connectivity index is 1.35. The molecule has 138 valence electrons. The molecule has 27 heavy (non-hydrogen) atoms. The smallest absolute Gasteiger partial charge is 0.289 e. The molecule has 1 aliphatic rings. The number of amides is 1. The maximum Gasteiger partial charge on any atom is 0.289 e. The predicted molar refractivity (Wildman–Crippen MR) is 99.9 cm³/mol. The fourth-order valence-corrected chi connectivity index (χ4v) is 3.33. The number of rotatable bonds is 5. The summed E-state index contributed by atoms with van der Waals surface area (Å²) in [6, 6.07) is 4.06. The molecule has 1 saturated heterocycles. The Labute approximate surface area is 156 Å². The lowest BCUT2D eigenvalue weighted by atomic mass is 10.1. The summed E-state index contributed by atoms with van der Waals surface area (Å²) >= 11 is 0. The van der Waals surface area contributed by atoms with E-state index >= 15 is 0 Å². The van der Waals surface area contributed by atoms with Gasteiger partial charge < -0.3 is 14.6 Å². The van der Waals surface area contributed by atoms with Crippen molar-refractivity contribution in [2.24, 2.45) is 5.92 Å². The van der Waals surface area contributed by atoms with Gasteiger partial charge in [0.15, 0.2) is 11.6 Å². The van der Waals surface area contributed by atoms with Gasteiger partial charge in [0, 0.05) is 50.6 Å². The standard InChI is InChI=1S/C19H20N6O2/c1-13(26)15-10-21-17(22-11-15)19(27)23-9-14-4-7-25(12-14)18-16-3-2-6-24(16)8-5-20-18/h2-3,5-6,8,10-11,14H,4,7,9,12H2,1H3,(H,23,27)/t14-/m1/s1. The Hall–Kier alpha value is -3.29. The van der Waals surface area contributed by atoms with Crippen LogP contribution >= 0.6 is 0 Å². The number of nitrogens with one attached hydrogen (secondary N) is 1. The second kappa shape index (κ2) is 7.14. The summed E-state index contributed by atoms with van der Waals surface area (Å²) in [4.78, 5) is 38.2. The third-order valence-electron chi connectivity index (χ3n) is 4.83. The Bertz CT molecular complexity index is 981. The SMILES string of the molecule is CC(=O)c1cnc(C(=O)NC[C@H]2CCN(c3nccn4cccc34)C2)nc1. The molecule has 0 radical (unpaired) electrons. The van der Waals surface area contributed by atoms with Crippen LogP contribution in [0.15, 0.2) is 43.1 Å². The van der Waals surface area contributed by atoms with Crippen molar-refractivity contribution in [3.05, 3.63) is 54.5 Å². The molecule has 1 aliphatic heterocycles. The zero-order valence-corrected chi connectivity index (χ0v) is 15.0. The second-order valence-electron chi connectivity index (χ2n) is 6.71. The van der Waals surface area contributed by atoms with Crippen LogP contribution < -0.4 is 10.2 Å². The normalized spacial score (nSPS) is 16.6. The molecule has 0 bridgehead atoms. The van der Waals surface area contributed by atoms with Gasteiger partial charge in [-0.15, -0.1) is 0 Å². The van der Waals surface area contributed by atoms with E-state index < -0.39 is 0 Å².